The lowest BCUT2D eigenvalue weighted by molar-refractivity contribution is 0.306. The van der Waals surface area contributed by atoms with Crippen LogP contribution in [0.25, 0.3) is 11.0 Å². The normalized spacial score (nSPS) is 10.9. The summed E-state index contributed by atoms with van der Waals surface area (Å²) in [6.45, 7) is 2.29. The number of rotatable bonds is 5. The number of aryl methyl sites for hydroxylation is 1. The maximum Gasteiger partial charge on any atom is 0.235 e. The van der Waals surface area contributed by atoms with E-state index in [1.54, 1.807) is 42.5 Å². The molecule has 0 fully saturated rings. The lowest BCUT2D eigenvalue weighted by Crippen LogP contribution is -2.05. The second kappa shape index (κ2) is 8.19. The predicted molar refractivity (Wildman–Crippen MR) is 115 cm³/mol. The van der Waals surface area contributed by atoms with Crippen molar-refractivity contribution in [3.63, 3.8) is 0 Å². The molecule has 29 heavy (non-hydrogen) atoms. The first-order valence-corrected chi connectivity index (χ1v) is 9.62. The highest BCUT2D eigenvalue weighted by Gasteiger charge is 2.10. The minimum absolute atomic E-state index is 0.130. The lowest BCUT2D eigenvalue weighted by Gasteiger charge is -2.09. The number of hydrogen-bond acceptors (Lipinski definition) is 4. The third-order valence-electron chi connectivity index (χ3n) is 4.35. The van der Waals surface area contributed by atoms with Gasteiger partial charge < -0.3 is 13.9 Å². The Morgan fingerprint density at radius 1 is 0.897 bits per heavy atom. The van der Waals surface area contributed by atoms with E-state index < -0.39 is 0 Å². The van der Waals surface area contributed by atoms with Crippen LogP contribution in [-0.4, -0.2) is 0 Å². The molecule has 0 spiro atoms. The molecule has 0 saturated heterocycles. The smallest absolute Gasteiger partial charge is 0.235 e. The Kier molecular flexibility index (Phi) is 5.47. The fourth-order valence-electron chi connectivity index (χ4n) is 2.78. The van der Waals surface area contributed by atoms with E-state index in [-0.39, 0.29) is 11.2 Å². The van der Waals surface area contributed by atoms with Gasteiger partial charge in [0, 0.05) is 6.07 Å². The fraction of sp³-hybridized carbons (Fsp3) is 0.0870. The van der Waals surface area contributed by atoms with Crippen LogP contribution in [0.1, 0.15) is 11.1 Å². The number of fused-ring (bicyclic) bond motifs is 1. The largest absolute Gasteiger partial charge is 0.489 e. The summed E-state index contributed by atoms with van der Waals surface area (Å²) in [5.74, 6) is 1.27. The van der Waals surface area contributed by atoms with Gasteiger partial charge in [-0.3, -0.25) is 4.79 Å². The van der Waals surface area contributed by atoms with Gasteiger partial charge in [0.05, 0.1) is 15.4 Å². The Morgan fingerprint density at radius 2 is 1.66 bits per heavy atom. The van der Waals surface area contributed by atoms with Crippen LogP contribution in [0.4, 0.5) is 0 Å². The molecule has 146 valence electrons. The molecule has 0 amide bonds. The molecule has 1 heterocycles. The summed E-state index contributed by atoms with van der Waals surface area (Å²) in [6, 6.07) is 17.8. The van der Waals surface area contributed by atoms with Gasteiger partial charge >= 0.3 is 0 Å². The topological polar surface area (TPSA) is 48.7 Å². The highest BCUT2D eigenvalue weighted by Crippen LogP contribution is 2.26. The van der Waals surface area contributed by atoms with E-state index in [2.05, 4.69) is 0 Å². The van der Waals surface area contributed by atoms with Crippen LogP contribution in [0, 0.1) is 6.92 Å². The van der Waals surface area contributed by atoms with Crippen molar-refractivity contribution in [1.82, 2.24) is 0 Å². The second-order valence-electron chi connectivity index (χ2n) is 6.54. The first-order chi connectivity index (χ1) is 14.0. The van der Waals surface area contributed by atoms with Gasteiger partial charge in [0.1, 0.15) is 30.0 Å². The van der Waals surface area contributed by atoms with E-state index in [4.69, 9.17) is 37.1 Å². The Bertz CT molecular complexity index is 1230. The van der Waals surface area contributed by atoms with Crippen molar-refractivity contribution >= 4 is 34.2 Å². The summed E-state index contributed by atoms with van der Waals surface area (Å²) in [4.78, 5) is 12.7. The molecule has 0 aliphatic carbocycles. The molecule has 0 aliphatic rings. The number of benzene rings is 3. The summed E-state index contributed by atoms with van der Waals surface area (Å²) >= 11 is 11.9. The standard InChI is InChI=1S/C23H16Cl2O4/c1-14-2-5-16(6-3-14)29-22-13-28-21-11-17(7-8-18(21)23(22)26)27-12-15-4-9-19(24)20(25)10-15/h2-11,13H,12H2,1H3. The van der Waals surface area contributed by atoms with Crippen molar-refractivity contribution in [3.8, 4) is 17.2 Å². The van der Waals surface area contributed by atoms with Crippen LogP contribution >= 0.6 is 23.2 Å². The van der Waals surface area contributed by atoms with E-state index >= 15 is 0 Å². The maximum absolute atomic E-state index is 12.7. The molecule has 4 aromatic rings. The van der Waals surface area contributed by atoms with Crippen molar-refractivity contribution in [2.75, 3.05) is 0 Å². The van der Waals surface area contributed by atoms with Gasteiger partial charge in [-0.2, -0.15) is 0 Å². The number of halogens is 2. The monoisotopic (exact) mass is 426 g/mol. The summed E-state index contributed by atoms with van der Waals surface area (Å²) < 4.78 is 17.0. The van der Waals surface area contributed by atoms with Gasteiger partial charge in [0.25, 0.3) is 0 Å². The molecule has 0 saturated carbocycles. The third kappa shape index (κ3) is 4.39. The Morgan fingerprint density at radius 3 is 2.41 bits per heavy atom. The van der Waals surface area contributed by atoms with Gasteiger partial charge in [-0.1, -0.05) is 47.0 Å². The number of ether oxygens (including phenoxy) is 2. The molecule has 0 aliphatic heterocycles. The Balaban J connectivity index is 1.54. The second-order valence-corrected chi connectivity index (χ2v) is 7.35. The average Bonchev–Trinajstić information content (AvgIpc) is 2.72. The van der Waals surface area contributed by atoms with Crippen LogP contribution in [0.5, 0.6) is 17.2 Å². The van der Waals surface area contributed by atoms with Gasteiger partial charge in [-0.05, 0) is 48.9 Å². The van der Waals surface area contributed by atoms with Crippen LogP contribution in [-0.2, 0) is 6.61 Å². The molecule has 4 nitrogen and oxygen atoms in total. The SMILES string of the molecule is Cc1ccc(Oc2coc3cc(OCc4ccc(Cl)c(Cl)c4)ccc3c2=O)cc1. The van der Waals surface area contributed by atoms with Crippen LogP contribution in [0.2, 0.25) is 10.0 Å². The zero-order valence-corrected chi connectivity index (χ0v) is 17.0. The molecular formula is C23H16Cl2O4. The van der Waals surface area contributed by atoms with Gasteiger partial charge in [0.2, 0.25) is 11.2 Å². The van der Waals surface area contributed by atoms with Gasteiger partial charge in [-0.15, -0.1) is 0 Å². The van der Waals surface area contributed by atoms with Crippen molar-refractivity contribution in [3.05, 3.63) is 98.3 Å². The van der Waals surface area contributed by atoms with Crippen LogP contribution in [0.15, 0.2) is 76.1 Å². The fourth-order valence-corrected chi connectivity index (χ4v) is 3.10. The minimum Gasteiger partial charge on any atom is -0.489 e. The first-order valence-electron chi connectivity index (χ1n) is 8.86. The molecule has 0 unspecified atom stereocenters. The van der Waals surface area contributed by atoms with E-state index in [1.807, 2.05) is 25.1 Å². The van der Waals surface area contributed by atoms with E-state index in [0.29, 0.717) is 39.1 Å². The molecule has 3 aromatic carbocycles. The average molecular weight is 427 g/mol. The number of hydrogen-bond donors (Lipinski definition) is 0. The predicted octanol–water partition coefficient (Wildman–Crippen LogP) is 6.78. The maximum atomic E-state index is 12.7. The molecule has 0 bridgehead atoms. The molecule has 0 radical (unpaired) electrons. The zero-order chi connectivity index (χ0) is 20.4. The van der Waals surface area contributed by atoms with Crippen LogP contribution < -0.4 is 14.9 Å². The molecule has 0 N–H and O–H groups in total. The first kappa shape index (κ1) is 19.4. The minimum atomic E-state index is -0.247. The Labute approximate surface area is 177 Å². The summed E-state index contributed by atoms with van der Waals surface area (Å²) in [6.07, 6.45) is 1.31. The highest BCUT2D eigenvalue weighted by molar-refractivity contribution is 6.42. The third-order valence-corrected chi connectivity index (χ3v) is 5.09. The quantitative estimate of drug-likeness (QED) is 0.352. The zero-order valence-electron chi connectivity index (χ0n) is 15.4. The molecule has 0 atom stereocenters. The van der Waals surface area contributed by atoms with Crippen molar-refractivity contribution in [2.45, 2.75) is 13.5 Å². The van der Waals surface area contributed by atoms with Crippen molar-refractivity contribution in [1.29, 1.82) is 0 Å². The van der Waals surface area contributed by atoms with E-state index in [1.165, 1.54) is 6.26 Å². The summed E-state index contributed by atoms with van der Waals surface area (Å²) in [5, 5.41) is 1.38. The molecular weight excluding hydrogens is 411 g/mol. The molecule has 6 heteroatoms. The van der Waals surface area contributed by atoms with E-state index in [9.17, 15) is 4.79 Å². The lowest BCUT2D eigenvalue weighted by atomic mass is 10.2. The van der Waals surface area contributed by atoms with Gasteiger partial charge in [-0.25, -0.2) is 0 Å². The van der Waals surface area contributed by atoms with E-state index in [0.717, 1.165) is 11.1 Å². The highest BCUT2D eigenvalue weighted by atomic mass is 35.5. The van der Waals surface area contributed by atoms with Crippen molar-refractivity contribution < 1.29 is 13.9 Å². The molecule has 1 aromatic heterocycles. The summed E-state index contributed by atoms with van der Waals surface area (Å²) in [5.41, 5.74) is 2.15. The van der Waals surface area contributed by atoms with Crippen molar-refractivity contribution in [2.24, 2.45) is 0 Å². The van der Waals surface area contributed by atoms with Gasteiger partial charge in [0.15, 0.2) is 0 Å². The molecule has 4 rings (SSSR count). The van der Waals surface area contributed by atoms with Crippen LogP contribution in [0.3, 0.4) is 0 Å². The summed E-state index contributed by atoms with van der Waals surface area (Å²) in [7, 11) is 0. The Hall–Kier alpha value is -2.95.